The van der Waals surface area contributed by atoms with E-state index in [-0.39, 0.29) is 0 Å². The van der Waals surface area contributed by atoms with Crippen LogP contribution in [0.25, 0.3) is 0 Å². The SMILES string of the molecule is CCCCOCCCNC(CC)c1ccco1. The van der Waals surface area contributed by atoms with Crippen LogP contribution in [0.1, 0.15) is 51.3 Å². The van der Waals surface area contributed by atoms with Crippen LogP contribution in [-0.4, -0.2) is 19.8 Å². The van der Waals surface area contributed by atoms with Gasteiger partial charge in [0, 0.05) is 13.2 Å². The Balaban J connectivity index is 2.04. The normalized spacial score (nSPS) is 12.8. The van der Waals surface area contributed by atoms with E-state index in [1.165, 1.54) is 6.42 Å². The van der Waals surface area contributed by atoms with Gasteiger partial charge < -0.3 is 14.5 Å². The molecule has 0 aliphatic heterocycles. The van der Waals surface area contributed by atoms with E-state index in [2.05, 4.69) is 19.2 Å². The predicted molar refractivity (Wildman–Crippen MR) is 70.1 cm³/mol. The van der Waals surface area contributed by atoms with Gasteiger partial charge in [-0.3, -0.25) is 0 Å². The zero-order valence-electron chi connectivity index (χ0n) is 11.1. The van der Waals surface area contributed by atoms with Crippen LogP contribution in [0.3, 0.4) is 0 Å². The van der Waals surface area contributed by atoms with Gasteiger partial charge in [-0.15, -0.1) is 0 Å². The molecule has 0 spiro atoms. The van der Waals surface area contributed by atoms with Crippen LogP contribution in [0.15, 0.2) is 22.8 Å². The Labute approximate surface area is 105 Å². The van der Waals surface area contributed by atoms with E-state index in [1.807, 2.05) is 12.1 Å². The lowest BCUT2D eigenvalue weighted by molar-refractivity contribution is 0.128. The molecule has 3 heteroatoms. The molecule has 0 fully saturated rings. The van der Waals surface area contributed by atoms with Gasteiger partial charge in [0.05, 0.1) is 12.3 Å². The summed E-state index contributed by atoms with van der Waals surface area (Å²) >= 11 is 0. The van der Waals surface area contributed by atoms with Gasteiger partial charge in [-0.1, -0.05) is 20.3 Å². The first kappa shape index (κ1) is 14.3. The summed E-state index contributed by atoms with van der Waals surface area (Å²) in [6.07, 6.45) is 6.20. The van der Waals surface area contributed by atoms with E-state index in [4.69, 9.17) is 9.15 Å². The zero-order valence-corrected chi connectivity index (χ0v) is 11.1. The van der Waals surface area contributed by atoms with Crippen molar-refractivity contribution in [2.75, 3.05) is 19.8 Å². The molecule has 0 aliphatic rings. The molecule has 1 N–H and O–H groups in total. The van der Waals surface area contributed by atoms with Gasteiger partial charge in [0.15, 0.2) is 0 Å². The van der Waals surface area contributed by atoms with Crippen molar-refractivity contribution in [2.24, 2.45) is 0 Å². The molecule has 0 saturated carbocycles. The van der Waals surface area contributed by atoms with Crippen molar-refractivity contribution in [2.45, 2.75) is 45.6 Å². The summed E-state index contributed by atoms with van der Waals surface area (Å²) < 4.78 is 10.9. The van der Waals surface area contributed by atoms with Gasteiger partial charge in [-0.2, -0.15) is 0 Å². The monoisotopic (exact) mass is 239 g/mol. The Morgan fingerprint density at radius 3 is 2.76 bits per heavy atom. The minimum Gasteiger partial charge on any atom is -0.468 e. The Kier molecular flexibility index (Phi) is 7.76. The highest BCUT2D eigenvalue weighted by Crippen LogP contribution is 2.16. The Bertz CT molecular complexity index is 259. The smallest absolute Gasteiger partial charge is 0.120 e. The van der Waals surface area contributed by atoms with Crippen LogP contribution in [0, 0.1) is 0 Å². The third-order valence-corrected chi connectivity index (χ3v) is 2.79. The molecule has 0 saturated heterocycles. The summed E-state index contributed by atoms with van der Waals surface area (Å²) in [7, 11) is 0. The Hall–Kier alpha value is -0.800. The molecule has 1 aromatic heterocycles. The number of nitrogens with one attached hydrogen (secondary N) is 1. The van der Waals surface area contributed by atoms with Crippen molar-refractivity contribution < 1.29 is 9.15 Å². The third kappa shape index (κ3) is 5.89. The van der Waals surface area contributed by atoms with E-state index in [0.717, 1.165) is 44.8 Å². The predicted octanol–water partition coefficient (Wildman–Crippen LogP) is 3.53. The number of ether oxygens (including phenoxy) is 1. The summed E-state index contributed by atoms with van der Waals surface area (Å²) in [5.41, 5.74) is 0. The van der Waals surface area contributed by atoms with E-state index in [0.29, 0.717) is 6.04 Å². The lowest BCUT2D eigenvalue weighted by Gasteiger charge is -2.14. The summed E-state index contributed by atoms with van der Waals surface area (Å²) in [5, 5.41) is 3.49. The molecular weight excluding hydrogens is 214 g/mol. The Morgan fingerprint density at radius 1 is 1.29 bits per heavy atom. The highest BCUT2D eigenvalue weighted by atomic mass is 16.5. The summed E-state index contributed by atoms with van der Waals surface area (Å²) in [5.74, 6) is 1.03. The maximum atomic E-state index is 5.52. The second kappa shape index (κ2) is 9.25. The molecule has 0 radical (unpaired) electrons. The standard InChI is InChI=1S/C14H25NO2/c1-3-5-10-16-11-7-9-15-13(4-2)14-8-6-12-17-14/h6,8,12-13,15H,3-5,7,9-11H2,1-2H3. The fourth-order valence-corrected chi connectivity index (χ4v) is 1.73. The first-order chi connectivity index (χ1) is 8.38. The molecule has 17 heavy (non-hydrogen) atoms. The highest BCUT2D eigenvalue weighted by Gasteiger charge is 2.10. The molecule has 0 aromatic carbocycles. The topological polar surface area (TPSA) is 34.4 Å². The van der Waals surface area contributed by atoms with Crippen molar-refractivity contribution >= 4 is 0 Å². The second-order valence-electron chi connectivity index (χ2n) is 4.25. The molecule has 1 aromatic rings. The largest absolute Gasteiger partial charge is 0.468 e. The van der Waals surface area contributed by atoms with Crippen molar-refractivity contribution in [3.05, 3.63) is 24.2 Å². The van der Waals surface area contributed by atoms with Crippen LogP contribution in [0.2, 0.25) is 0 Å². The van der Waals surface area contributed by atoms with Crippen molar-refractivity contribution in [1.29, 1.82) is 0 Å². The molecule has 1 heterocycles. The first-order valence-corrected chi connectivity index (χ1v) is 6.73. The molecule has 3 nitrogen and oxygen atoms in total. The Morgan fingerprint density at radius 2 is 2.12 bits per heavy atom. The number of furan rings is 1. The van der Waals surface area contributed by atoms with Crippen LogP contribution < -0.4 is 5.32 Å². The van der Waals surface area contributed by atoms with Crippen LogP contribution in [0.4, 0.5) is 0 Å². The highest BCUT2D eigenvalue weighted by molar-refractivity contribution is 5.03. The summed E-state index contributed by atoms with van der Waals surface area (Å²) in [6.45, 7) is 7.07. The fourth-order valence-electron chi connectivity index (χ4n) is 1.73. The lowest BCUT2D eigenvalue weighted by Crippen LogP contribution is -2.22. The summed E-state index contributed by atoms with van der Waals surface area (Å²) in [4.78, 5) is 0. The fraction of sp³-hybridized carbons (Fsp3) is 0.714. The summed E-state index contributed by atoms with van der Waals surface area (Å²) in [6, 6.07) is 4.30. The maximum absolute atomic E-state index is 5.52. The maximum Gasteiger partial charge on any atom is 0.120 e. The number of hydrogen-bond donors (Lipinski definition) is 1. The number of hydrogen-bond acceptors (Lipinski definition) is 3. The number of unbranched alkanes of at least 4 members (excludes halogenated alkanes) is 1. The molecule has 0 aliphatic carbocycles. The quantitative estimate of drug-likeness (QED) is 0.634. The molecule has 98 valence electrons. The van der Waals surface area contributed by atoms with Gasteiger partial charge in [-0.25, -0.2) is 0 Å². The van der Waals surface area contributed by atoms with Gasteiger partial charge in [0.25, 0.3) is 0 Å². The van der Waals surface area contributed by atoms with Crippen molar-refractivity contribution in [1.82, 2.24) is 5.32 Å². The van der Waals surface area contributed by atoms with Crippen molar-refractivity contribution in [3.8, 4) is 0 Å². The molecular formula is C14H25NO2. The van der Waals surface area contributed by atoms with E-state index in [1.54, 1.807) is 6.26 Å². The molecule has 1 atom stereocenters. The van der Waals surface area contributed by atoms with E-state index >= 15 is 0 Å². The average molecular weight is 239 g/mol. The average Bonchev–Trinajstić information content (AvgIpc) is 2.86. The third-order valence-electron chi connectivity index (χ3n) is 2.79. The minimum atomic E-state index is 0.334. The van der Waals surface area contributed by atoms with Crippen LogP contribution in [-0.2, 0) is 4.74 Å². The molecule has 1 rings (SSSR count). The van der Waals surface area contributed by atoms with Gasteiger partial charge in [0.2, 0.25) is 0 Å². The van der Waals surface area contributed by atoms with Gasteiger partial charge in [-0.05, 0) is 37.9 Å². The lowest BCUT2D eigenvalue weighted by atomic mass is 10.1. The zero-order chi connectivity index (χ0) is 12.3. The van der Waals surface area contributed by atoms with Crippen LogP contribution >= 0.6 is 0 Å². The number of rotatable bonds is 10. The molecule has 0 bridgehead atoms. The molecule has 1 unspecified atom stereocenters. The minimum absolute atomic E-state index is 0.334. The van der Waals surface area contributed by atoms with Crippen molar-refractivity contribution in [3.63, 3.8) is 0 Å². The van der Waals surface area contributed by atoms with E-state index < -0.39 is 0 Å². The van der Waals surface area contributed by atoms with Gasteiger partial charge >= 0.3 is 0 Å². The first-order valence-electron chi connectivity index (χ1n) is 6.73. The second-order valence-corrected chi connectivity index (χ2v) is 4.25. The van der Waals surface area contributed by atoms with E-state index in [9.17, 15) is 0 Å². The molecule has 0 amide bonds. The van der Waals surface area contributed by atoms with Crippen LogP contribution in [0.5, 0.6) is 0 Å². The van der Waals surface area contributed by atoms with Gasteiger partial charge in [0.1, 0.15) is 5.76 Å².